The van der Waals surface area contributed by atoms with Gasteiger partial charge in [-0.05, 0) is 23.5 Å². The fourth-order valence-corrected chi connectivity index (χ4v) is 2.63. The quantitative estimate of drug-likeness (QED) is 0.324. The standard InChI is InChI=1S/C13H12NO.C11H8N.Ir/c1-10-6-5-7-11(13(10)15-2)12-8-3-4-9-14-12;1-2-6-10(7-3-1)11-8-4-5-9-12-11;/h3-6,8-9H,1-2H3;1-6,8-9H;/q2*-1;. The van der Waals surface area contributed by atoms with Crippen LogP contribution in [0.25, 0.3) is 22.5 Å². The summed E-state index contributed by atoms with van der Waals surface area (Å²) in [6, 6.07) is 29.6. The van der Waals surface area contributed by atoms with Crippen LogP contribution in [0.2, 0.25) is 0 Å². The average Bonchev–Trinajstić information content (AvgIpc) is 2.76. The van der Waals surface area contributed by atoms with Gasteiger partial charge in [0, 0.05) is 38.2 Å². The van der Waals surface area contributed by atoms with Crippen molar-refractivity contribution in [3.05, 3.63) is 103 Å². The van der Waals surface area contributed by atoms with Crippen molar-refractivity contribution in [2.75, 3.05) is 7.11 Å². The first-order valence-electron chi connectivity index (χ1n) is 8.64. The summed E-state index contributed by atoms with van der Waals surface area (Å²) < 4.78 is 5.36. The minimum absolute atomic E-state index is 0. The summed E-state index contributed by atoms with van der Waals surface area (Å²) in [5, 5.41) is 0. The van der Waals surface area contributed by atoms with Crippen molar-refractivity contribution in [1.82, 2.24) is 9.97 Å². The molecule has 0 unspecified atom stereocenters. The molecule has 2 heterocycles. The van der Waals surface area contributed by atoms with Gasteiger partial charge in [0.15, 0.2) is 0 Å². The monoisotopic (exact) mass is 545 g/mol. The Kier molecular flexibility index (Phi) is 8.54. The molecule has 0 saturated carbocycles. The summed E-state index contributed by atoms with van der Waals surface area (Å²) in [5.41, 5.74) is 4.91. The van der Waals surface area contributed by atoms with Crippen LogP contribution in [0, 0.1) is 19.1 Å². The van der Waals surface area contributed by atoms with Crippen molar-refractivity contribution < 1.29 is 24.8 Å². The van der Waals surface area contributed by atoms with Crippen molar-refractivity contribution in [3.8, 4) is 28.3 Å². The molecule has 143 valence electrons. The normalized spacial score (nSPS) is 9.50. The second-order valence-corrected chi connectivity index (χ2v) is 5.78. The van der Waals surface area contributed by atoms with Crippen molar-refractivity contribution in [3.63, 3.8) is 0 Å². The second-order valence-electron chi connectivity index (χ2n) is 5.78. The molecule has 0 amide bonds. The van der Waals surface area contributed by atoms with Gasteiger partial charge in [-0.1, -0.05) is 42.3 Å². The van der Waals surface area contributed by atoms with Crippen LogP contribution in [0.3, 0.4) is 0 Å². The smallest absolute Gasteiger partial charge is 0.0647 e. The summed E-state index contributed by atoms with van der Waals surface area (Å²) in [6.45, 7) is 2.01. The van der Waals surface area contributed by atoms with Crippen molar-refractivity contribution in [2.45, 2.75) is 6.92 Å². The molecule has 2 aromatic carbocycles. The first-order chi connectivity index (χ1) is 13.3. The molecule has 1 radical (unpaired) electrons. The van der Waals surface area contributed by atoms with E-state index in [2.05, 4.69) is 22.1 Å². The van der Waals surface area contributed by atoms with Crippen LogP contribution < -0.4 is 4.74 Å². The predicted octanol–water partition coefficient (Wildman–Crippen LogP) is 5.41. The maximum atomic E-state index is 5.36. The first kappa shape index (κ1) is 21.5. The molecule has 0 saturated heterocycles. The van der Waals surface area contributed by atoms with Gasteiger partial charge in [0.05, 0.1) is 7.11 Å². The number of methoxy groups -OCH3 is 1. The topological polar surface area (TPSA) is 35.0 Å². The molecule has 0 spiro atoms. The Morgan fingerprint density at radius 2 is 1.43 bits per heavy atom. The van der Waals surface area contributed by atoms with Crippen LogP contribution in [0.15, 0.2) is 85.2 Å². The van der Waals surface area contributed by atoms with E-state index in [-0.39, 0.29) is 20.1 Å². The molecule has 0 aliphatic heterocycles. The molecule has 28 heavy (non-hydrogen) atoms. The van der Waals surface area contributed by atoms with E-state index in [1.807, 2.05) is 79.7 Å². The van der Waals surface area contributed by atoms with Gasteiger partial charge in [0.25, 0.3) is 0 Å². The maximum Gasteiger partial charge on any atom is 0.0647 e. The van der Waals surface area contributed by atoms with Gasteiger partial charge in [-0.2, -0.15) is 0 Å². The summed E-state index contributed by atoms with van der Waals surface area (Å²) >= 11 is 0. The summed E-state index contributed by atoms with van der Waals surface area (Å²) in [6.07, 6.45) is 3.56. The number of hydrogen-bond acceptors (Lipinski definition) is 3. The Bertz CT molecular complexity index is 924. The Morgan fingerprint density at radius 1 is 0.750 bits per heavy atom. The second kappa shape index (κ2) is 11.1. The SMILES string of the molecule is COc1c(-c2ccccn2)[c-]ccc1C.[Ir].[c-]1ccccc1-c1ccccn1. The van der Waals surface area contributed by atoms with Crippen LogP contribution >= 0.6 is 0 Å². The van der Waals surface area contributed by atoms with Gasteiger partial charge in [-0.3, -0.25) is 0 Å². The molecular weight excluding hydrogens is 524 g/mol. The third-order valence-corrected chi connectivity index (χ3v) is 3.92. The Balaban J connectivity index is 0.000000198. The van der Waals surface area contributed by atoms with Gasteiger partial charge in [-0.25, -0.2) is 0 Å². The van der Waals surface area contributed by atoms with Crippen LogP contribution in [0.5, 0.6) is 5.75 Å². The molecule has 4 heteroatoms. The van der Waals surface area contributed by atoms with Crippen molar-refractivity contribution in [2.24, 2.45) is 0 Å². The number of ether oxygens (including phenoxy) is 1. The van der Waals surface area contributed by atoms with E-state index >= 15 is 0 Å². The molecule has 0 fully saturated rings. The molecule has 0 atom stereocenters. The Hall–Kier alpha value is -2.81. The zero-order valence-corrected chi connectivity index (χ0v) is 18.1. The van der Waals surface area contributed by atoms with Gasteiger partial charge >= 0.3 is 0 Å². The van der Waals surface area contributed by atoms with Gasteiger partial charge < -0.3 is 14.7 Å². The number of nitrogens with zero attached hydrogens (tertiary/aromatic N) is 2. The molecule has 0 aliphatic rings. The third kappa shape index (κ3) is 5.59. The summed E-state index contributed by atoms with van der Waals surface area (Å²) in [7, 11) is 1.67. The number of aromatic nitrogens is 2. The maximum absolute atomic E-state index is 5.36. The van der Waals surface area contributed by atoms with E-state index in [1.165, 1.54) is 0 Å². The Morgan fingerprint density at radius 3 is 2.00 bits per heavy atom. The number of aryl methyl sites for hydroxylation is 1. The zero-order chi connectivity index (χ0) is 18.9. The molecule has 4 rings (SSSR count). The van der Waals surface area contributed by atoms with E-state index < -0.39 is 0 Å². The largest absolute Gasteiger partial charge is 0.540 e. The minimum Gasteiger partial charge on any atom is -0.540 e. The van der Waals surface area contributed by atoms with Crippen molar-refractivity contribution >= 4 is 0 Å². The predicted molar refractivity (Wildman–Crippen MR) is 108 cm³/mol. The molecule has 0 bridgehead atoms. The van der Waals surface area contributed by atoms with Crippen LogP contribution in [-0.2, 0) is 20.1 Å². The number of pyridine rings is 2. The molecule has 0 aliphatic carbocycles. The molecule has 3 nitrogen and oxygen atoms in total. The van der Waals surface area contributed by atoms with Crippen LogP contribution in [0.1, 0.15) is 5.56 Å². The molecule has 0 N–H and O–H groups in total. The van der Waals surface area contributed by atoms with E-state index in [0.717, 1.165) is 33.8 Å². The van der Waals surface area contributed by atoms with E-state index in [9.17, 15) is 0 Å². The number of hydrogen-bond donors (Lipinski definition) is 0. The molecule has 4 aromatic rings. The summed E-state index contributed by atoms with van der Waals surface area (Å²) in [5.74, 6) is 0.844. The average molecular weight is 545 g/mol. The van der Waals surface area contributed by atoms with Gasteiger partial charge in [0.1, 0.15) is 0 Å². The Labute approximate surface area is 179 Å². The van der Waals surface area contributed by atoms with Crippen LogP contribution in [0.4, 0.5) is 0 Å². The van der Waals surface area contributed by atoms with Crippen molar-refractivity contribution in [1.29, 1.82) is 0 Å². The van der Waals surface area contributed by atoms with Gasteiger partial charge in [-0.15, -0.1) is 54.1 Å². The number of rotatable bonds is 3. The van der Waals surface area contributed by atoms with E-state index in [1.54, 1.807) is 19.5 Å². The molecular formula is C24H20IrN2O-2. The van der Waals surface area contributed by atoms with Crippen LogP contribution in [-0.4, -0.2) is 17.1 Å². The zero-order valence-electron chi connectivity index (χ0n) is 15.7. The van der Waals surface area contributed by atoms with E-state index in [4.69, 9.17) is 4.74 Å². The van der Waals surface area contributed by atoms with E-state index in [0.29, 0.717) is 0 Å². The third-order valence-electron chi connectivity index (χ3n) is 3.92. The van der Waals surface area contributed by atoms with Gasteiger partial charge in [0.2, 0.25) is 0 Å². The first-order valence-corrected chi connectivity index (χ1v) is 8.64. The summed E-state index contributed by atoms with van der Waals surface area (Å²) in [4.78, 5) is 8.51. The fraction of sp³-hybridized carbons (Fsp3) is 0.0833. The number of benzene rings is 2. The molecule has 2 aromatic heterocycles. The fourth-order valence-electron chi connectivity index (χ4n) is 2.63. The minimum atomic E-state index is 0.